The molecule has 0 amide bonds. The third-order valence-corrected chi connectivity index (χ3v) is 16.2. The Hall–Kier alpha value is -7.60. The third-order valence-electron chi connectivity index (χ3n) is 14.1. The lowest BCUT2D eigenvalue weighted by molar-refractivity contribution is -0.290. The van der Waals surface area contributed by atoms with E-state index in [4.69, 9.17) is 38.8 Å². The summed E-state index contributed by atoms with van der Waals surface area (Å²) in [6, 6.07) is 25.5. The van der Waals surface area contributed by atoms with Crippen LogP contribution in [0, 0.1) is 11.6 Å². The first kappa shape index (κ1) is 65.4. The van der Waals surface area contributed by atoms with Gasteiger partial charge in [-0.1, -0.05) is 101 Å². The lowest BCUT2D eigenvalue weighted by atomic mass is 9.90. The van der Waals surface area contributed by atoms with E-state index in [1.165, 1.54) is 34.6 Å². The Kier molecular flexibility index (Phi) is 19.8. The number of aliphatic carboxylic acids is 1. The summed E-state index contributed by atoms with van der Waals surface area (Å²) in [4.78, 5) is 33.4. The van der Waals surface area contributed by atoms with Crippen LogP contribution in [-0.4, -0.2) is 102 Å². The SMILES string of the molecule is CC(C)c1nc2c(c(-c3ccc(F)cc3)c1/C=C/[C@@H](O)C[C@@H](O)CC(=O)O)COc1ccccc1N2S(C)(=O)=O.CC(C)c1nc2c(c(-c3ccc(F)cc3)c1/C=C/[C@@H]1C[C@H](CC(=O)OC(C)(C)C)OC(C)(C)O1)COc1ccccc1N2S(C)(=O)=O. The van der Waals surface area contributed by atoms with Crippen LogP contribution < -0.4 is 18.1 Å². The van der Waals surface area contributed by atoms with Crippen LogP contribution in [0.2, 0.25) is 0 Å². The van der Waals surface area contributed by atoms with Crippen LogP contribution >= 0.6 is 0 Å². The molecule has 4 atom stereocenters. The second-order valence-electron chi connectivity index (χ2n) is 23.7. The number of rotatable bonds is 16. The van der Waals surface area contributed by atoms with E-state index in [0.717, 1.165) is 22.4 Å². The van der Waals surface area contributed by atoms with Crippen molar-refractivity contribution in [1.82, 2.24) is 9.97 Å². The maximum absolute atomic E-state index is 14.2. The van der Waals surface area contributed by atoms with E-state index < -0.39 is 79.9 Å². The molecule has 2 aromatic heterocycles. The zero-order valence-corrected chi connectivity index (χ0v) is 52.1. The predicted molar refractivity (Wildman–Crippen MR) is 329 cm³/mol. The Labute approximate surface area is 507 Å². The second kappa shape index (κ2) is 26.4. The number of hydrogen-bond donors (Lipinski definition) is 3. The first-order valence-electron chi connectivity index (χ1n) is 28.4. The molecule has 3 N–H and O–H groups in total. The lowest BCUT2D eigenvalue weighted by Gasteiger charge is -2.40. The monoisotopic (exact) mass is 1240 g/mol. The number of esters is 1. The van der Waals surface area contributed by atoms with Gasteiger partial charge in [-0.3, -0.25) is 9.59 Å². The number of fused-ring (bicyclic) bond motifs is 4. The van der Waals surface area contributed by atoms with Gasteiger partial charge in [-0.15, -0.1) is 0 Å². The number of sulfonamides is 2. The maximum Gasteiger partial charge on any atom is 0.308 e. The van der Waals surface area contributed by atoms with Gasteiger partial charge in [0.1, 0.15) is 53.3 Å². The molecule has 18 nitrogen and oxygen atoms in total. The Morgan fingerprint density at radius 3 is 1.59 bits per heavy atom. The quantitative estimate of drug-likeness (QED) is 0.0763. The minimum absolute atomic E-state index is 0.0239. The summed E-state index contributed by atoms with van der Waals surface area (Å²) in [7, 11) is -7.76. The molecule has 0 saturated carbocycles. The summed E-state index contributed by atoms with van der Waals surface area (Å²) < 4.78 is 114. The number of ether oxygens (including phenoxy) is 5. The van der Waals surface area contributed by atoms with E-state index in [1.54, 1.807) is 92.7 Å². The van der Waals surface area contributed by atoms with Gasteiger partial charge < -0.3 is 39.0 Å². The Morgan fingerprint density at radius 1 is 0.713 bits per heavy atom. The van der Waals surface area contributed by atoms with Crippen LogP contribution in [0.1, 0.15) is 133 Å². The van der Waals surface area contributed by atoms with Crippen molar-refractivity contribution in [1.29, 1.82) is 0 Å². The first-order valence-corrected chi connectivity index (χ1v) is 32.1. The molecule has 6 aromatic rings. The molecule has 3 aliphatic heterocycles. The molecular weight excluding hydrogens is 1160 g/mol. The highest BCUT2D eigenvalue weighted by molar-refractivity contribution is 7.92. The number of carbonyl (C=O) groups is 2. The molecule has 0 bridgehead atoms. The molecule has 0 radical (unpaired) electrons. The second-order valence-corrected chi connectivity index (χ2v) is 27.3. The number of para-hydroxylation sites is 4. The summed E-state index contributed by atoms with van der Waals surface area (Å²) in [5, 5.41) is 29.4. The van der Waals surface area contributed by atoms with Crippen molar-refractivity contribution in [2.24, 2.45) is 0 Å². The number of aliphatic hydroxyl groups is 2. The minimum Gasteiger partial charge on any atom is -0.487 e. The molecule has 3 aliphatic rings. The fourth-order valence-electron chi connectivity index (χ4n) is 10.7. The fraction of sp³-hybridized carbons (Fsp3) is 0.385. The number of halogens is 2. The highest BCUT2D eigenvalue weighted by Gasteiger charge is 2.39. The molecule has 5 heterocycles. The number of carboxylic acid groups (broad SMARTS) is 1. The highest BCUT2D eigenvalue weighted by Crippen LogP contribution is 2.48. The van der Waals surface area contributed by atoms with Gasteiger partial charge in [0.05, 0.1) is 61.2 Å². The first-order chi connectivity index (χ1) is 40.8. The zero-order valence-electron chi connectivity index (χ0n) is 50.4. The van der Waals surface area contributed by atoms with E-state index in [0.29, 0.717) is 79.6 Å². The van der Waals surface area contributed by atoms with Crippen LogP contribution in [0.15, 0.2) is 109 Å². The van der Waals surface area contributed by atoms with E-state index >= 15 is 0 Å². The average Bonchev–Trinajstić information content (AvgIpc) is 1.78. The molecule has 9 rings (SSSR count). The number of aliphatic hydroxyl groups excluding tert-OH is 2. The molecule has 1 fully saturated rings. The number of pyridine rings is 2. The number of carboxylic acids is 1. The van der Waals surface area contributed by atoms with Crippen molar-refractivity contribution >= 4 is 67.1 Å². The number of aromatic nitrogens is 2. The molecule has 22 heteroatoms. The Bertz CT molecular complexity index is 3810. The highest BCUT2D eigenvalue weighted by atomic mass is 32.2. The molecule has 0 aliphatic carbocycles. The molecule has 4 aromatic carbocycles. The Morgan fingerprint density at radius 2 is 1.16 bits per heavy atom. The van der Waals surface area contributed by atoms with Gasteiger partial charge in [-0.05, 0) is 106 Å². The summed E-state index contributed by atoms with van der Waals surface area (Å²) in [5.74, 6) is -2.55. The van der Waals surface area contributed by atoms with Gasteiger partial charge >= 0.3 is 11.9 Å². The summed E-state index contributed by atoms with van der Waals surface area (Å²) in [5.41, 5.74) is 5.94. The van der Waals surface area contributed by atoms with E-state index in [9.17, 15) is 45.4 Å². The van der Waals surface area contributed by atoms with Crippen LogP contribution in [0.4, 0.5) is 31.8 Å². The topological polar surface area (TPSA) is 242 Å². The minimum atomic E-state index is -3.89. The number of hydrogen-bond acceptors (Lipinski definition) is 15. The maximum atomic E-state index is 14.2. The largest absolute Gasteiger partial charge is 0.487 e. The molecule has 464 valence electrons. The van der Waals surface area contributed by atoms with Gasteiger partial charge in [-0.2, -0.15) is 0 Å². The molecule has 0 spiro atoms. The standard InChI is InChI=1S/C36H43FN2O7S.C29H31FN2O7S/c1-22(2)33-27(18-17-25-19-26(45-36(6,7)44-25)20-31(40)46-35(3,4)5)32(23-13-15-24(37)16-14-23)28-21-43-30-12-10-9-11-29(30)39(34(28)38-33)47(8,41)42;1-17(2)28-22(13-12-20(33)14-21(34)15-26(35)36)27(18-8-10-19(30)11-9-18)23-16-39-25-7-5-4-6-24(25)32(29(23)31-28)40(3,37)38/h9-18,22,25-26H,19-21H2,1-8H3;4-13,17,20-21,33-34H,14-16H2,1-3H3,(H,35,36)/b18-17+;13-12+/t25-,26-;20-,21-/m11/s1. The Balaban J connectivity index is 0.000000229. The fourth-order valence-corrected chi connectivity index (χ4v) is 12.7. The number of benzene rings is 4. The smallest absolute Gasteiger partial charge is 0.308 e. The summed E-state index contributed by atoms with van der Waals surface area (Å²) in [6.07, 6.45) is 5.55. The van der Waals surface area contributed by atoms with Gasteiger partial charge in [0.15, 0.2) is 17.4 Å². The summed E-state index contributed by atoms with van der Waals surface area (Å²) in [6.45, 7) is 16.8. The van der Waals surface area contributed by atoms with E-state index in [-0.39, 0.29) is 55.5 Å². The van der Waals surface area contributed by atoms with Crippen LogP contribution in [0.3, 0.4) is 0 Å². The van der Waals surface area contributed by atoms with Crippen LogP contribution in [0.5, 0.6) is 11.5 Å². The van der Waals surface area contributed by atoms with E-state index in [1.807, 2.05) is 60.6 Å². The number of nitrogens with zero attached hydrogens (tertiary/aromatic N) is 4. The molecular formula is C65H74F2N4O14S2. The molecule has 1 saturated heterocycles. The van der Waals surface area contributed by atoms with Crippen molar-refractivity contribution in [2.45, 2.75) is 149 Å². The molecule has 0 unspecified atom stereocenters. The van der Waals surface area contributed by atoms with Crippen molar-refractivity contribution in [3.8, 4) is 33.8 Å². The van der Waals surface area contributed by atoms with Crippen molar-refractivity contribution in [2.75, 3.05) is 21.1 Å². The summed E-state index contributed by atoms with van der Waals surface area (Å²) >= 11 is 0. The molecule has 87 heavy (non-hydrogen) atoms. The van der Waals surface area contributed by atoms with Crippen molar-refractivity contribution in [3.05, 3.63) is 154 Å². The third kappa shape index (κ3) is 15.9. The number of anilines is 4. The van der Waals surface area contributed by atoms with Crippen molar-refractivity contribution < 1.29 is 74.2 Å². The van der Waals surface area contributed by atoms with Crippen molar-refractivity contribution in [3.63, 3.8) is 0 Å². The van der Waals surface area contributed by atoms with Gasteiger partial charge in [0.2, 0.25) is 20.0 Å². The van der Waals surface area contributed by atoms with Crippen LogP contribution in [0.25, 0.3) is 34.4 Å². The van der Waals surface area contributed by atoms with Gasteiger partial charge in [-0.25, -0.2) is 44.2 Å². The average molecular weight is 1240 g/mol. The zero-order chi connectivity index (χ0) is 63.5. The van der Waals surface area contributed by atoms with E-state index in [2.05, 4.69) is 0 Å². The predicted octanol–water partition coefficient (Wildman–Crippen LogP) is 12.3. The number of carbonyl (C=O) groups excluding carboxylic acids is 1. The lowest BCUT2D eigenvalue weighted by Crippen LogP contribution is -2.45. The van der Waals surface area contributed by atoms with Gasteiger partial charge in [0, 0.05) is 46.2 Å². The van der Waals surface area contributed by atoms with Crippen LogP contribution in [-0.2, 0) is 57.1 Å². The normalized spacial score (nSPS) is 17.4. The van der Waals surface area contributed by atoms with Gasteiger partial charge in [0.25, 0.3) is 0 Å².